The molecule has 0 saturated carbocycles. The number of nitrogens with zero attached hydrogens (tertiary/aromatic N) is 2. The number of rotatable bonds is 6. The molecule has 1 unspecified atom stereocenters. The van der Waals surface area contributed by atoms with E-state index in [-0.39, 0.29) is 5.75 Å². The Kier molecular flexibility index (Phi) is 5.49. The van der Waals surface area contributed by atoms with Crippen LogP contribution >= 0.6 is 0 Å². The van der Waals surface area contributed by atoms with Crippen molar-refractivity contribution in [3.63, 3.8) is 0 Å². The number of nitrogens with one attached hydrogen (secondary N) is 1. The van der Waals surface area contributed by atoms with Gasteiger partial charge >= 0.3 is 5.97 Å². The van der Waals surface area contributed by atoms with E-state index in [4.69, 9.17) is 14.2 Å². The topological polar surface area (TPSA) is 103 Å². The van der Waals surface area contributed by atoms with Crippen molar-refractivity contribution in [2.75, 3.05) is 19.5 Å². The number of hydrogen-bond acceptors (Lipinski definition) is 8. The third-order valence-electron chi connectivity index (χ3n) is 4.32. The van der Waals surface area contributed by atoms with Gasteiger partial charge in [0.25, 0.3) is 0 Å². The lowest BCUT2D eigenvalue weighted by molar-refractivity contribution is -0.147. The first kappa shape index (κ1) is 19.2. The second-order valence-electron chi connectivity index (χ2n) is 6.10. The molecule has 0 aliphatic heterocycles. The highest BCUT2D eigenvalue weighted by Gasteiger charge is 2.19. The molecule has 0 radical (unpaired) electrons. The highest BCUT2D eigenvalue weighted by atomic mass is 16.6. The van der Waals surface area contributed by atoms with Gasteiger partial charge in [-0.2, -0.15) is 0 Å². The van der Waals surface area contributed by atoms with Crippen molar-refractivity contribution in [1.82, 2.24) is 9.97 Å². The molecular formula is C20H21N3O5. The van der Waals surface area contributed by atoms with Crippen molar-refractivity contribution in [1.29, 1.82) is 0 Å². The van der Waals surface area contributed by atoms with Gasteiger partial charge in [-0.05, 0) is 32.0 Å². The fraction of sp³-hybridized carbons (Fsp3) is 0.250. The van der Waals surface area contributed by atoms with Gasteiger partial charge in [-0.1, -0.05) is 6.07 Å². The van der Waals surface area contributed by atoms with Gasteiger partial charge in [0.1, 0.15) is 17.9 Å². The molecule has 8 heteroatoms. The van der Waals surface area contributed by atoms with Crippen LogP contribution in [-0.4, -0.2) is 41.4 Å². The third kappa shape index (κ3) is 3.75. The van der Waals surface area contributed by atoms with Crippen molar-refractivity contribution in [2.45, 2.75) is 20.0 Å². The van der Waals surface area contributed by atoms with Crippen LogP contribution in [0.3, 0.4) is 0 Å². The summed E-state index contributed by atoms with van der Waals surface area (Å²) in [7, 11) is 2.81. The van der Waals surface area contributed by atoms with Crippen LogP contribution in [0, 0.1) is 6.92 Å². The number of benzene rings is 2. The number of fused-ring (bicyclic) bond motifs is 1. The van der Waals surface area contributed by atoms with E-state index in [9.17, 15) is 9.90 Å². The zero-order valence-electron chi connectivity index (χ0n) is 16.0. The maximum atomic E-state index is 11.7. The van der Waals surface area contributed by atoms with Crippen LogP contribution in [0.2, 0.25) is 0 Å². The number of anilines is 2. The van der Waals surface area contributed by atoms with Crippen LogP contribution in [0.5, 0.6) is 17.2 Å². The number of carbonyl (C=O) groups excluding carboxylic acids is 1. The minimum absolute atomic E-state index is 0.181. The van der Waals surface area contributed by atoms with Crippen molar-refractivity contribution in [3.8, 4) is 17.2 Å². The monoisotopic (exact) mass is 383 g/mol. The van der Waals surface area contributed by atoms with Gasteiger partial charge in [0.15, 0.2) is 17.6 Å². The first-order valence-electron chi connectivity index (χ1n) is 8.57. The molecule has 1 atom stereocenters. The lowest BCUT2D eigenvalue weighted by atomic mass is 10.1. The molecule has 0 spiro atoms. The van der Waals surface area contributed by atoms with Gasteiger partial charge in [0.2, 0.25) is 0 Å². The summed E-state index contributed by atoms with van der Waals surface area (Å²) >= 11 is 0. The molecule has 0 aliphatic carbocycles. The largest absolute Gasteiger partial charge is 0.508 e. The number of methoxy groups -OCH3 is 2. The molecular weight excluding hydrogens is 362 g/mol. The lowest BCUT2D eigenvalue weighted by Crippen LogP contribution is -2.25. The molecule has 1 aromatic heterocycles. The van der Waals surface area contributed by atoms with Crippen LogP contribution < -0.4 is 14.8 Å². The number of aromatic hydroxyl groups is 1. The highest BCUT2D eigenvalue weighted by molar-refractivity contribution is 5.93. The van der Waals surface area contributed by atoms with Crippen molar-refractivity contribution < 1.29 is 24.1 Å². The Morgan fingerprint density at radius 3 is 2.68 bits per heavy atom. The Balaban J connectivity index is 2.05. The molecule has 0 bridgehead atoms. The Bertz CT molecular complexity index is 1020. The molecule has 146 valence electrons. The maximum Gasteiger partial charge on any atom is 0.346 e. The van der Waals surface area contributed by atoms with Crippen LogP contribution in [0.25, 0.3) is 10.9 Å². The van der Waals surface area contributed by atoms with Gasteiger partial charge in [-0.15, -0.1) is 0 Å². The second kappa shape index (κ2) is 7.99. The molecule has 3 aromatic rings. The molecule has 2 N–H and O–H groups in total. The Labute approximate surface area is 162 Å². The molecule has 0 saturated heterocycles. The number of hydrogen-bond donors (Lipinski definition) is 2. The second-order valence-corrected chi connectivity index (χ2v) is 6.10. The van der Waals surface area contributed by atoms with E-state index in [1.165, 1.54) is 20.5 Å². The number of carbonyl (C=O) groups is 1. The average molecular weight is 383 g/mol. The lowest BCUT2D eigenvalue weighted by Gasteiger charge is -2.17. The normalized spacial score (nSPS) is 11.7. The molecule has 0 fully saturated rings. The van der Waals surface area contributed by atoms with Gasteiger partial charge in [-0.25, -0.2) is 14.8 Å². The zero-order chi connectivity index (χ0) is 20.3. The average Bonchev–Trinajstić information content (AvgIpc) is 2.70. The van der Waals surface area contributed by atoms with E-state index < -0.39 is 12.1 Å². The molecule has 3 rings (SSSR count). The molecule has 0 amide bonds. The van der Waals surface area contributed by atoms with E-state index >= 15 is 0 Å². The van der Waals surface area contributed by atoms with E-state index in [2.05, 4.69) is 15.3 Å². The number of phenolic OH excluding ortho intramolecular Hbond substituents is 1. The number of esters is 1. The molecule has 1 heterocycles. The molecule has 0 aliphatic rings. The van der Waals surface area contributed by atoms with Gasteiger partial charge < -0.3 is 24.6 Å². The summed E-state index contributed by atoms with van der Waals surface area (Å²) in [4.78, 5) is 20.3. The third-order valence-corrected chi connectivity index (χ3v) is 4.32. The molecule has 2 aromatic carbocycles. The summed E-state index contributed by atoms with van der Waals surface area (Å²) in [6.07, 6.45) is 0.616. The number of ether oxygens (including phenoxy) is 3. The van der Waals surface area contributed by atoms with Gasteiger partial charge in [-0.3, -0.25) is 0 Å². The van der Waals surface area contributed by atoms with Gasteiger partial charge in [0.05, 0.1) is 19.7 Å². The first-order chi connectivity index (χ1) is 13.4. The van der Waals surface area contributed by atoms with Crippen LogP contribution in [0.4, 0.5) is 11.5 Å². The quantitative estimate of drug-likeness (QED) is 0.625. The standard InChI is InChI=1S/C20H21N3O5/c1-11-14(6-5-7-16(11)24)23-19-13-8-18(28-12(2)20(25)27-4)17(26-3)9-15(13)21-10-22-19/h5-10,12,24H,1-4H3,(H,21,22,23). The van der Waals surface area contributed by atoms with E-state index in [1.54, 1.807) is 38.1 Å². The number of phenols is 1. The minimum Gasteiger partial charge on any atom is -0.508 e. The maximum absolute atomic E-state index is 11.7. The highest BCUT2D eigenvalue weighted by Crippen LogP contribution is 2.36. The Hall–Kier alpha value is -3.55. The summed E-state index contributed by atoms with van der Waals surface area (Å²) in [5, 5.41) is 13.8. The zero-order valence-corrected chi connectivity index (χ0v) is 16.0. The first-order valence-corrected chi connectivity index (χ1v) is 8.57. The van der Waals surface area contributed by atoms with Crippen LogP contribution in [0.1, 0.15) is 12.5 Å². The van der Waals surface area contributed by atoms with Crippen molar-refractivity contribution in [2.24, 2.45) is 0 Å². The minimum atomic E-state index is -0.814. The van der Waals surface area contributed by atoms with Crippen molar-refractivity contribution >= 4 is 28.4 Å². The smallest absolute Gasteiger partial charge is 0.346 e. The fourth-order valence-electron chi connectivity index (χ4n) is 2.71. The van der Waals surface area contributed by atoms with Gasteiger partial charge in [0, 0.05) is 22.7 Å². The summed E-state index contributed by atoms with van der Waals surface area (Å²) in [5.74, 6) is 0.998. The van der Waals surface area contributed by atoms with E-state index in [0.29, 0.717) is 39.5 Å². The SMILES string of the molecule is COC(=O)C(C)Oc1cc2c(Nc3cccc(O)c3C)ncnc2cc1OC. The summed E-state index contributed by atoms with van der Waals surface area (Å²) in [6.45, 7) is 3.39. The van der Waals surface area contributed by atoms with E-state index in [0.717, 1.165) is 0 Å². The predicted molar refractivity (Wildman–Crippen MR) is 104 cm³/mol. The van der Waals surface area contributed by atoms with Crippen LogP contribution in [0.15, 0.2) is 36.7 Å². The summed E-state index contributed by atoms with van der Waals surface area (Å²) in [6, 6.07) is 8.60. The fourth-order valence-corrected chi connectivity index (χ4v) is 2.71. The van der Waals surface area contributed by atoms with Crippen molar-refractivity contribution in [3.05, 3.63) is 42.2 Å². The van der Waals surface area contributed by atoms with E-state index in [1.807, 2.05) is 6.07 Å². The molecule has 28 heavy (non-hydrogen) atoms. The Morgan fingerprint density at radius 2 is 1.96 bits per heavy atom. The summed E-state index contributed by atoms with van der Waals surface area (Å²) < 4.78 is 15.8. The van der Waals surface area contributed by atoms with Crippen LogP contribution in [-0.2, 0) is 9.53 Å². The molecule has 8 nitrogen and oxygen atoms in total. The predicted octanol–water partition coefficient (Wildman–Crippen LogP) is 3.34. The Morgan fingerprint density at radius 1 is 1.18 bits per heavy atom. The summed E-state index contributed by atoms with van der Waals surface area (Å²) in [5.41, 5.74) is 2.03. The number of aromatic nitrogens is 2.